The summed E-state index contributed by atoms with van der Waals surface area (Å²) >= 11 is 0. The summed E-state index contributed by atoms with van der Waals surface area (Å²) in [5.41, 5.74) is 22.0. The third-order valence-corrected chi connectivity index (χ3v) is 26.0. The molecule has 0 aliphatic heterocycles. The Bertz CT molecular complexity index is 9760. The van der Waals surface area contributed by atoms with Crippen molar-refractivity contribution >= 4 is 197 Å². The molecule has 0 radical (unpaired) electrons. The second-order valence-electron chi connectivity index (χ2n) is 33.6. The maximum Gasteiger partial charge on any atom is 0.240 e. The van der Waals surface area contributed by atoms with Crippen LogP contribution in [0.2, 0.25) is 0 Å². The summed E-state index contributed by atoms with van der Waals surface area (Å²) < 4.78 is 35.8. The van der Waals surface area contributed by atoms with E-state index in [1.165, 1.54) is 75.9 Å². The molecule has 30 rings (SSSR count). The van der Waals surface area contributed by atoms with Crippen molar-refractivity contribution in [3.8, 4) is 63.1 Å². The van der Waals surface area contributed by atoms with Crippen LogP contribution in [0.1, 0.15) is 0 Å². The van der Waals surface area contributed by atoms with Crippen LogP contribution in [-0.2, 0) is 0 Å². The van der Waals surface area contributed by atoms with E-state index < -0.39 is 0 Å². The monoisotopic (exact) mass is 1730 g/mol. The van der Waals surface area contributed by atoms with Crippen molar-refractivity contribution in [2.75, 3.05) is 0 Å². The van der Waals surface area contributed by atoms with E-state index in [1.54, 1.807) is 0 Å². The normalized spacial score (nSPS) is 11.9. The molecule has 0 spiro atoms. The molecule has 13 aromatic heterocycles. The van der Waals surface area contributed by atoms with Crippen molar-refractivity contribution < 1.29 is 17.7 Å². The molecule has 0 saturated carbocycles. The average molecular weight is 1730 g/mol. The van der Waals surface area contributed by atoms with Gasteiger partial charge in [0.25, 0.3) is 0 Å². The molecule has 13 heterocycles. The van der Waals surface area contributed by atoms with Crippen LogP contribution in [0, 0.1) is 0 Å². The van der Waals surface area contributed by atoms with Gasteiger partial charge in [-0.2, -0.15) is 24.9 Å². The van der Waals surface area contributed by atoms with Gasteiger partial charge in [-0.3, -0.25) is 13.7 Å². The Balaban J connectivity index is 0.0000000918. The Morgan fingerprint density at radius 1 is 0.170 bits per heavy atom. The van der Waals surface area contributed by atoms with Crippen molar-refractivity contribution in [2.24, 2.45) is 0 Å². The van der Waals surface area contributed by atoms with Crippen LogP contribution in [0.4, 0.5) is 0 Å². The summed E-state index contributed by atoms with van der Waals surface area (Å²) in [5, 5.41) is 19.9. The van der Waals surface area contributed by atoms with Gasteiger partial charge in [-0.25, -0.2) is 15.0 Å². The van der Waals surface area contributed by atoms with E-state index in [2.05, 4.69) is 330 Å². The Hall–Kier alpha value is -18.7. The third-order valence-electron chi connectivity index (χ3n) is 26.0. The van der Waals surface area contributed by atoms with E-state index in [0.717, 1.165) is 138 Å². The van der Waals surface area contributed by atoms with Crippen LogP contribution in [0.5, 0.6) is 0 Å². The predicted octanol–water partition coefficient (Wildman–Crippen LogP) is 30.0. The maximum atomic E-state index is 6.40. The number of aromatic nitrogens is 13. The molecule has 0 bridgehead atoms. The van der Waals surface area contributed by atoms with Crippen LogP contribution in [0.15, 0.2) is 449 Å². The van der Waals surface area contributed by atoms with E-state index in [4.69, 9.17) is 47.6 Å². The first kappa shape index (κ1) is 76.3. The van der Waals surface area contributed by atoms with Crippen LogP contribution >= 0.6 is 0 Å². The van der Waals surface area contributed by atoms with Crippen molar-refractivity contribution in [3.63, 3.8) is 0 Å². The van der Waals surface area contributed by atoms with Crippen molar-refractivity contribution in [2.45, 2.75) is 0 Å². The number of hydrogen-bond acceptors (Lipinski definition) is 12. The molecule has 0 fully saturated rings. The molecule has 0 saturated heterocycles. The Labute approximate surface area is 766 Å². The summed E-state index contributed by atoms with van der Waals surface area (Å²) in [6.07, 6.45) is 3.71. The van der Waals surface area contributed by atoms with Crippen LogP contribution in [0.25, 0.3) is 260 Å². The molecule has 632 valence electrons. The number of hydrogen-bond donors (Lipinski definition) is 0. The molecule has 0 aliphatic rings. The standard InChI is InChI=1S/C34H20N4O.3C28H17N3O/c1-6-16-26-21(11-1)22-12-2-7-17-27(22)37(26)32-31-25-15-5-10-20-30(25)39-33(31)36-34(35-32)38-28-18-8-3-13-23(28)24-14-4-9-19-29(24)38;1-4-13-24-20(10-1)21-11-2-5-14-25(21)31(24)19-9-7-8-18(16-19)27-29-17-23-22-12-3-6-15-26(22)32-28(23)30-27;1-4-10-24-20(7-1)21-8-2-5-11-25(21)31(24)19-15-13-18(14-16-19)27-29-17-23-22-9-3-6-12-26(22)32-28(23)30-27;1-2-10-18(11-3-1)26-29-27(25-21-14-6-9-17-24(21)32-28(25)30-26)31-22-15-7-4-12-19(22)20-13-5-8-16-23(20)31/h1-20H;3*1-17H. The average Bonchev–Trinajstić information content (AvgIpc) is 1.49. The summed E-state index contributed by atoms with van der Waals surface area (Å²) in [6.45, 7) is 0. The second-order valence-corrected chi connectivity index (χ2v) is 33.6. The number of furan rings is 4. The second kappa shape index (κ2) is 31.0. The van der Waals surface area contributed by atoms with E-state index in [9.17, 15) is 0 Å². The fourth-order valence-electron chi connectivity index (χ4n) is 20.0. The molecule has 0 atom stereocenters. The topological polar surface area (TPSA) is 180 Å². The fraction of sp³-hybridized carbons (Fsp3) is 0. The summed E-state index contributed by atoms with van der Waals surface area (Å²) in [6, 6.07) is 144. The lowest BCUT2D eigenvalue weighted by atomic mass is 10.1. The lowest BCUT2D eigenvalue weighted by Crippen LogP contribution is -2.06. The minimum Gasteiger partial charge on any atom is -0.438 e. The Morgan fingerprint density at radius 3 is 0.852 bits per heavy atom. The molecule has 30 aromatic rings. The Kier molecular flexibility index (Phi) is 17.5. The maximum absolute atomic E-state index is 6.40. The highest BCUT2D eigenvalue weighted by molar-refractivity contribution is 6.18. The first-order valence-corrected chi connectivity index (χ1v) is 44.8. The van der Waals surface area contributed by atoms with Gasteiger partial charge in [0.1, 0.15) is 22.3 Å². The zero-order chi connectivity index (χ0) is 88.7. The zero-order valence-electron chi connectivity index (χ0n) is 71.9. The minimum absolute atomic E-state index is 0.569. The first-order chi connectivity index (χ1) is 67.0. The van der Waals surface area contributed by atoms with E-state index in [-0.39, 0.29) is 0 Å². The molecular formula is C118H71N13O4. The molecule has 17 heteroatoms. The SMILES string of the molecule is c1cc(-c2ncc3c(n2)oc2ccccc23)cc(-n2c3ccccc3c3ccccc32)c1.c1ccc(-c2nc(-n3c4ccccc4c4ccccc43)c3c(n2)oc2ccccc23)cc1.c1ccc2c(c1)oc1nc(-c3ccc(-n4c5ccccc5c5ccccc54)cc3)ncc12.c1ccc2c(c1)oc1nc(-n3c4ccccc4c4ccccc43)nc(-n3c4ccccc4c4ccccc43)c12. The van der Waals surface area contributed by atoms with Gasteiger partial charge in [0.2, 0.25) is 28.8 Å². The highest BCUT2D eigenvalue weighted by Gasteiger charge is 2.27. The van der Waals surface area contributed by atoms with Gasteiger partial charge in [0, 0.05) is 116 Å². The largest absolute Gasteiger partial charge is 0.438 e. The highest BCUT2D eigenvalue weighted by Crippen LogP contribution is 2.44. The van der Waals surface area contributed by atoms with E-state index >= 15 is 0 Å². The first-order valence-electron chi connectivity index (χ1n) is 44.8. The quantitative estimate of drug-likeness (QED) is 0.141. The molecule has 17 nitrogen and oxygen atoms in total. The van der Waals surface area contributed by atoms with Gasteiger partial charge in [-0.15, -0.1) is 0 Å². The van der Waals surface area contributed by atoms with E-state index in [1.807, 2.05) is 134 Å². The molecule has 0 aliphatic carbocycles. The number of para-hydroxylation sites is 14. The Morgan fingerprint density at radius 2 is 0.452 bits per heavy atom. The molecule has 0 unspecified atom stereocenters. The van der Waals surface area contributed by atoms with Gasteiger partial charge < -0.3 is 26.8 Å². The third kappa shape index (κ3) is 12.4. The van der Waals surface area contributed by atoms with Gasteiger partial charge in [0.05, 0.1) is 76.7 Å². The molecule has 0 N–H and O–H groups in total. The molecule has 0 amide bonds. The van der Waals surface area contributed by atoms with Gasteiger partial charge in [-0.1, -0.05) is 297 Å². The molecule has 17 aromatic carbocycles. The van der Waals surface area contributed by atoms with Crippen molar-refractivity contribution in [1.82, 2.24) is 62.7 Å². The number of fused-ring (bicyclic) bond motifs is 27. The summed E-state index contributed by atoms with van der Waals surface area (Å²) in [4.78, 5) is 39.1. The van der Waals surface area contributed by atoms with E-state index in [0.29, 0.717) is 46.3 Å². The van der Waals surface area contributed by atoms with Crippen LogP contribution in [-0.4, -0.2) is 62.7 Å². The summed E-state index contributed by atoms with van der Waals surface area (Å²) in [5.74, 6) is 4.17. The molecule has 135 heavy (non-hydrogen) atoms. The van der Waals surface area contributed by atoms with Gasteiger partial charge in [-0.05, 0) is 121 Å². The number of nitrogens with zero attached hydrogens (tertiary/aromatic N) is 13. The predicted molar refractivity (Wildman–Crippen MR) is 545 cm³/mol. The smallest absolute Gasteiger partial charge is 0.240 e. The van der Waals surface area contributed by atoms with Gasteiger partial charge in [0.15, 0.2) is 29.1 Å². The highest BCUT2D eigenvalue weighted by atomic mass is 16.4. The zero-order valence-corrected chi connectivity index (χ0v) is 71.9. The number of rotatable bonds is 8. The van der Waals surface area contributed by atoms with Crippen molar-refractivity contribution in [3.05, 3.63) is 431 Å². The summed E-state index contributed by atoms with van der Waals surface area (Å²) in [7, 11) is 0. The van der Waals surface area contributed by atoms with Crippen molar-refractivity contribution in [1.29, 1.82) is 0 Å². The number of benzene rings is 17. The lowest BCUT2D eigenvalue weighted by molar-refractivity contribution is 0.650. The minimum atomic E-state index is 0.569. The van der Waals surface area contributed by atoms with Crippen LogP contribution in [0.3, 0.4) is 0 Å². The molecular weight excluding hydrogens is 1660 g/mol. The fourth-order valence-corrected chi connectivity index (χ4v) is 20.0. The van der Waals surface area contributed by atoms with Gasteiger partial charge >= 0.3 is 0 Å². The van der Waals surface area contributed by atoms with Crippen LogP contribution < -0.4 is 0 Å². The lowest BCUT2D eigenvalue weighted by Gasteiger charge is -2.12.